The lowest BCUT2D eigenvalue weighted by atomic mass is 9.89. The van der Waals surface area contributed by atoms with Crippen LogP contribution in [0.2, 0.25) is 0 Å². The van der Waals surface area contributed by atoms with Crippen LogP contribution in [0.15, 0.2) is 17.5 Å². The third kappa shape index (κ3) is 2.90. The second-order valence-electron chi connectivity index (χ2n) is 5.06. The predicted molar refractivity (Wildman–Crippen MR) is 75.3 cm³/mol. The molecule has 3 unspecified atom stereocenters. The Morgan fingerprint density at radius 1 is 1.53 bits per heavy atom. The lowest BCUT2D eigenvalue weighted by Crippen LogP contribution is -2.47. The highest BCUT2D eigenvalue weighted by Gasteiger charge is 2.29. The average Bonchev–Trinajstić information content (AvgIpc) is 2.86. The lowest BCUT2D eigenvalue weighted by molar-refractivity contribution is 0.105. The van der Waals surface area contributed by atoms with E-state index in [0.717, 1.165) is 13.0 Å². The molecule has 1 aromatic rings. The molecule has 1 aromatic heterocycles. The van der Waals surface area contributed by atoms with Gasteiger partial charge in [0.1, 0.15) is 0 Å². The molecule has 17 heavy (non-hydrogen) atoms. The number of nitrogens with zero attached hydrogens (tertiary/aromatic N) is 1. The summed E-state index contributed by atoms with van der Waals surface area (Å²) in [5, 5.41) is 2.19. The van der Waals surface area contributed by atoms with Crippen molar-refractivity contribution in [3.05, 3.63) is 22.4 Å². The van der Waals surface area contributed by atoms with Gasteiger partial charge in [-0.15, -0.1) is 11.3 Å². The van der Waals surface area contributed by atoms with E-state index in [1.165, 1.54) is 24.3 Å². The molecule has 2 N–H and O–H groups in total. The molecule has 3 atom stereocenters. The van der Waals surface area contributed by atoms with Crippen LogP contribution in [0.25, 0.3) is 0 Å². The Morgan fingerprint density at radius 2 is 2.35 bits per heavy atom. The van der Waals surface area contributed by atoms with Crippen LogP contribution in [0.4, 0.5) is 0 Å². The summed E-state index contributed by atoms with van der Waals surface area (Å²) in [6.07, 6.45) is 3.56. The van der Waals surface area contributed by atoms with Crippen LogP contribution in [-0.4, -0.2) is 24.0 Å². The van der Waals surface area contributed by atoms with Gasteiger partial charge in [0.2, 0.25) is 0 Å². The van der Waals surface area contributed by atoms with Gasteiger partial charge in [-0.1, -0.05) is 26.3 Å². The fourth-order valence-electron chi connectivity index (χ4n) is 2.91. The molecule has 0 saturated carbocycles. The maximum Gasteiger partial charge on any atom is 0.0439 e. The summed E-state index contributed by atoms with van der Waals surface area (Å²) in [7, 11) is 0. The second kappa shape index (κ2) is 5.98. The molecule has 1 saturated heterocycles. The Kier molecular flexibility index (Phi) is 4.60. The van der Waals surface area contributed by atoms with Crippen LogP contribution in [0.5, 0.6) is 0 Å². The normalized spacial score (nSPS) is 28.2. The van der Waals surface area contributed by atoms with Gasteiger partial charge in [-0.05, 0) is 30.2 Å². The van der Waals surface area contributed by atoms with Crippen molar-refractivity contribution in [2.24, 2.45) is 11.7 Å². The number of nitrogens with two attached hydrogens (primary N) is 1. The summed E-state index contributed by atoms with van der Waals surface area (Å²) in [6.45, 7) is 6.89. The van der Waals surface area contributed by atoms with Crippen molar-refractivity contribution in [1.29, 1.82) is 0 Å². The first kappa shape index (κ1) is 13.1. The van der Waals surface area contributed by atoms with Crippen molar-refractivity contribution in [3.63, 3.8) is 0 Å². The maximum absolute atomic E-state index is 6.19. The molecular formula is C14H24N2S. The van der Waals surface area contributed by atoms with Gasteiger partial charge in [0, 0.05) is 30.1 Å². The van der Waals surface area contributed by atoms with Gasteiger partial charge in [-0.2, -0.15) is 0 Å². The zero-order chi connectivity index (χ0) is 12.3. The first-order valence-electron chi connectivity index (χ1n) is 6.79. The largest absolute Gasteiger partial charge is 0.327 e. The van der Waals surface area contributed by atoms with Crippen molar-refractivity contribution < 1.29 is 0 Å². The molecule has 1 fully saturated rings. The summed E-state index contributed by atoms with van der Waals surface area (Å²) < 4.78 is 0. The summed E-state index contributed by atoms with van der Waals surface area (Å²) in [5.41, 5.74) is 6.19. The maximum atomic E-state index is 6.19. The highest BCUT2D eigenvalue weighted by Crippen LogP contribution is 2.32. The first-order valence-corrected chi connectivity index (χ1v) is 7.67. The monoisotopic (exact) mass is 252 g/mol. The molecule has 0 amide bonds. The van der Waals surface area contributed by atoms with Crippen molar-refractivity contribution >= 4 is 11.3 Å². The van der Waals surface area contributed by atoms with Crippen molar-refractivity contribution in [3.8, 4) is 0 Å². The molecule has 3 heteroatoms. The van der Waals surface area contributed by atoms with Gasteiger partial charge >= 0.3 is 0 Å². The summed E-state index contributed by atoms with van der Waals surface area (Å²) >= 11 is 1.89. The predicted octanol–water partition coefficient (Wildman–Crippen LogP) is 3.26. The van der Waals surface area contributed by atoms with E-state index in [-0.39, 0.29) is 0 Å². The van der Waals surface area contributed by atoms with E-state index in [1.54, 1.807) is 0 Å². The van der Waals surface area contributed by atoms with E-state index < -0.39 is 0 Å². The first-order chi connectivity index (χ1) is 8.26. The Balaban J connectivity index is 2.06. The van der Waals surface area contributed by atoms with E-state index in [2.05, 4.69) is 36.3 Å². The number of hydrogen-bond donors (Lipinski definition) is 1. The molecule has 0 radical (unpaired) electrons. The molecule has 96 valence electrons. The minimum Gasteiger partial charge on any atom is -0.327 e. The van der Waals surface area contributed by atoms with Gasteiger partial charge < -0.3 is 5.73 Å². The van der Waals surface area contributed by atoms with Crippen molar-refractivity contribution in [2.45, 2.75) is 45.2 Å². The SMILES string of the molecule is CCC1CN(C(CC)c2cccs2)CCC1N. The summed E-state index contributed by atoms with van der Waals surface area (Å²) in [4.78, 5) is 4.15. The third-order valence-electron chi connectivity index (χ3n) is 4.05. The van der Waals surface area contributed by atoms with Gasteiger partial charge in [-0.3, -0.25) is 4.90 Å². The number of likely N-dealkylation sites (tertiary alicyclic amines) is 1. The fourth-order valence-corrected chi connectivity index (χ4v) is 3.86. The van der Waals surface area contributed by atoms with Crippen LogP contribution in [0.1, 0.15) is 44.0 Å². The highest BCUT2D eigenvalue weighted by molar-refractivity contribution is 7.10. The van der Waals surface area contributed by atoms with Crippen LogP contribution < -0.4 is 5.73 Å². The van der Waals surface area contributed by atoms with Gasteiger partial charge in [0.05, 0.1) is 0 Å². The Labute approximate surface area is 109 Å². The fraction of sp³-hybridized carbons (Fsp3) is 0.714. The minimum atomic E-state index is 0.414. The molecule has 0 spiro atoms. The number of thiophene rings is 1. The smallest absolute Gasteiger partial charge is 0.0439 e. The molecule has 0 aromatic carbocycles. The molecule has 1 aliphatic heterocycles. The molecule has 1 aliphatic rings. The van der Waals surface area contributed by atoms with Crippen molar-refractivity contribution in [1.82, 2.24) is 4.90 Å². The van der Waals surface area contributed by atoms with Gasteiger partial charge in [-0.25, -0.2) is 0 Å². The molecule has 2 rings (SSSR count). The molecule has 0 bridgehead atoms. The average molecular weight is 252 g/mol. The Morgan fingerprint density at radius 3 is 2.94 bits per heavy atom. The van der Waals surface area contributed by atoms with E-state index in [1.807, 2.05) is 11.3 Å². The zero-order valence-corrected chi connectivity index (χ0v) is 11.7. The van der Waals surface area contributed by atoms with Crippen LogP contribution in [0.3, 0.4) is 0 Å². The third-order valence-corrected chi connectivity index (χ3v) is 5.02. The lowest BCUT2D eigenvalue weighted by Gasteiger charge is -2.40. The Hall–Kier alpha value is -0.380. The standard InChI is InChI=1S/C14H24N2S/c1-3-11-10-16(8-7-12(11)15)13(4-2)14-6-5-9-17-14/h5-6,9,11-13H,3-4,7-8,10,15H2,1-2H3. The molecule has 0 aliphatic carbocycles. The van der Waals surface area contributed by atoms with E-state index in [4.69, 9.17) is 5.73 Å². The molecule has 2 nitrogen and oxygen atoms in total. The summed E-state index contributed by atoms with van der Waals surface area (Å²) in [6, 6.07) is 5.46. The van der Waals surface area contributed by atoms with E-state index in [9.17, 15) is 0 Å². The topological polar surface area (TPSA) is 29.3 Å². The van der Waals surface area contributed by atoms with Gasteiger partial charge in [0.15, 0.2) is 0 Å². The molecule has 2 heterocycles. The van der Waals surface area contributed by atoms with Gasteiger partial charge in [0.25, 0.3) is 0 Å². The summed E-state index contributed by atoms with van der Waals surface area (Å²) in [5.74, 6) is 0.678. The van der Waals surface area contributed by atoms with Crippen LogP contribution >= 0.6 is 11.3 Å². The van der Waals surface area contributed by atoms with E-state index in [0.29, 0.717) is 18.0 Å². The quantitative estimate of drug-likeness (QED) is 0.891. The van der Waals surface area contributed by atoms with Crippen molar-refractivity contribution in [2.75, 3.05) is 13.1 Å². The molecular weight excluding hydrogens is 228 g/mol. The highest BCUT2D eigenvalue weighted by atomic mass is 32.1. The number of hydrogen-bond acceptors (Lipinski definition) is 3. The van der Waals surface area contributed by atoms with Crippen LogP contribution in [0, 0.1) is 5.92 Å². The van der Waals surface area contributed by atoms with E-state index >= 15 is 0 Å². The number of piperidine rings is 1. The number of rotatable bonds is 4. The Bertz CT molecular complexity index is 323. The van der Waals surface area contributed by atoms with Crippen LogP contribution in [-0.2, 0) is 0 Å². The second-order valence-corrected chi connectivity index (χ2v) is 6.03. The minimum absolute atomic E-state index is 0.414. The zero-order valence-electron chi connectivity index (χ0n) is 10.9.